The van der Waals surface area contributed by atoms with Gasteiger partial charge < -0.3 is 14.0 Å². The summed E-state index contributed by atoms with van der Waals surface area (Å²) in [6.07, 6.45) is 1.31. The molecule has 4 heteroatoms. The lowest BCUT2D eigenvalue weighted by molar-refractivity contribution is 0.0378. The van der Waals surface area contributed by atoms with E-state index < -0.39 is 6.10 Å². The third kappa shape index (κ3) is 6.11. The summed E-state index contributed by atoms with van der Waals surface area (Å²) in [7, 11) is 1.54. The zero-order valence-corrected chi connectivity index (χ0v) is 6.48. The Morgan fingerprint density at radius 1 is 1.56 bits per heavy atom. The lowest BCUT2D eigenvalue weighted by Gasteiger charge is -2.06. The molecule has 0 aromatic rings. The summed E-state index contributed by atoms with van der Waals surface area (Å²) in [6.45, 7) is 0.662. The zero-order chi connectivity index (χ0) is 7.11. The Labute approximate surface area is 59.6 Å². The van der Waals surface area contributed by atoms with Crippen molar-refractivity contribution in [1.82, 2.24) is 0 Å². The molecule has 0 fully saturated rings. The molecule has 0 spiro atoms. The minimum Gasteiger partial charge on any atom is -0.388 e. The molecule has 0 rings (SSSR count). The van der Waals surface area contributed by atoms with Crippen LogP contribution in [0.3, 0.4) is 0 Å². The summed E-state index contributed by atoms with van der Waals surface area (Å²) in [6, 6.07) is 0. The number of hydrogen-bond acceptors (Lipinski definition) is 4. The van der Waals surface area contributed by atoms with Crippen molar-refractivity contribution in [3.63, 3.8) is 0 Å². The fourth-order valence-corrected chi connectivity index (χ4v) is 0.680. The van der Waals surface area contributed by atoms with E-state index in [1.807, 2.05) is 0 Å². The van der Waals surface area contributed by atoms with Gasteiger partial charge in [0.25, 0.3) is 0 Å². The highest BCUT2D eigenvalue weighted by molar-refractivity contribution is 7.93. The first-order chi connectivity index (χ1) is 4.31. The topological polar surface area (TPSA) is 38.7 Å². The Morgan fingerprint density at radius 3 is 2.67 bits per heavy atom. The van der Waals surface area contributed by atoms with Crippen molar-refractivity contribution >= 4 is 12.0 Å². The summed E-state index contributed by atoms with van der Waals surface area (Å²) in [5.74, 6) is 0. The summed E-state index contributed by atoms with van der Waals surface area (Å²) in [5, 5.41) is 8.92. The van der Waals surface area contributed by atoms with Crippen LogP contribution in [-0.4, -0.2) is 37.8 Å². The van der Waals surface area contributed by atoms with Gasteiger partial charge in [-0.15, -0.1) is 0 Å². The van der Waals surface area contributed by atoms with Gasteiger partial charge in [0.15, 0.2) is 0 Å². The molecule has 0 saturated heterocycles. The van der Waals surface area contributed by atoms with Crippen molar-refractivity contribution in [3.8, 4) is 0 Å². The fourth-order valence-electron chi connectivity index (χ4n) is 0.387. The van der Waals surface area contributed by atoms with Crippen molar-refractivity contribution < 1.29 is 14.0 Å². The first-order valence-corrected chi connectivity index (χ1v) is 3.79. The molecule has 1 N–H and O–H groups in total. The molecular formula is C5H12O3S. The summed E-state index contributed by atoms with van der Waals surface area (Å²) in [5.41, 5.74) is 0. The molecule has 0 heterocycles. The molecule has 0 bridgehead atoms. The van der Waals surface area contributed by atoms with Crippen molar-refractivity contribution in [2.45, 2.75) is 6.10 Å². The van der Waals surface area contributed by atoms with Crippen LogP contribution < -0.4 is 0 Å². The minimum absolute atomic E-state index is 0.328. The Kier molecular flexibility index (Phi) is 6.51. The van der Waals surface area contributed by atoms with E-state index in [4.69, 9.17) is 9.29 Å². The molecule has 0 aliphatic rings. The van der Waals surface area contributed by atoms with Gasteiger partial charge in [0.2, 0.25) is 0 Å². The van der Waals surface area contributed by atoms with Gasteiger partial charge in [-0.3, -0.25) is 0 Å². The monoisotopic (exact) mass is 152 g/mol. The van der Waals surface area contributed by atoms with Crippen LogP contribution in [0.5, 0.6) is 0 Å². The summed E-state index contributed by atoms with van der Waals surface area (Å²) >= 11 is 1.24. The van der Waals surface area contributed by atoms with Crippen molar-refractivity contribution in [3.05, 3.63) is 0 Å². The van der Waals surface area contributed by atoms with E-state index in [2.05, 4.69) is 4.74 Å². The molecule has 0 aromatic heterocycles. The van der Waals surface area contributed by atoms with E-state index >= 15 is 0 Å². The third-order valence-electron chi connectivity index (χ3n) is 0.737. The maximum Gasteiger partial charge on any atom is 0.102 e. The standard InChI is InChI=1S/C5H12O3S/c1-7-3-5(6)4-8-9-2/h5-6H,3-4H2,1-2H3. The van der Waals surface area contributed by atoms with Crippen LogP contribution in [0.4, 0.5) is 0 Å². The molecule has 0 amide bonds. The minimum atomic E-state index is -0.498. The van der Waals surface area contributed by atoms with Crippen molar-refractivity contribution in [2.24, 2.45) is 0 Å². The first-order valence-electron chi connectivity index (χ1n) is 2.64. The lowest BCUT2D eigenvalue weighted by atomic mass is 10.4. The van der Waals surface area contributed by atoms with E-state index in [9.17, 15) is 0 Å². The SMILES string of the molecule is COCC(O)COSC. The van der Waals surface area contributed by atoms with Gasteiger partial charge in [0.1, 0.15) is 6.10 Å². The number of rotatable bonds is 5. The van der Waals surface area contributed by atoms with E-state index in [0.29, 0.717) is 13.2 Å². The largest absolute Gasteiger partial charge is 0.388 e. The van der Waals surface area contributed by atoms with Gasteiger partial charge in [-0.1, -0.05) is 0 Å². The zero-order valence-electron chi connectivity index (χ0n) is 5.66. The smallest absolute Gasteiger partial charge is 0.102 e. The van der Waals surface area contributed by atoms with Crippen LogP contribution in [0, 0.1) is 0 Å². The predicted octanol–water partition coefficient (Wildman–Crippen LogP) is 0.288. The quantitative estimate of drug-likeness (QED) is 0.575. The highest BCUT2D eigenvalue weighted by atomic mass is 32.2. The predicted molar refractivity (Wildman–Crippen MR) is 37.3 cm³/mol. The van der Waals surface area contributed by atoms with Crippen LogP contribution in [-0.2, 0) is 8.92 Å². The Bertz CT molecular complexity index is 60.2. The van der Waals surface area contributed by atoms with Crippen LogP contribution >= 0.6 is 12.0 Å². The average Bonchev–Trinajstić information content (AvgIpc) is 1.85. The molecule has 0 radical (unpaired) electrons. The fraction of sp³-hybridized carbons (Fsp3) is 1.00. The lowest BCUT2D eigenvalue weighted by Crippen LogP contribution is -2.18. The molecule has 0 aliphatic carbocycles. The second-order valence-electron chi connectivity index (χ2n) is 1.56. The Balaban J connectivity index is 2.95. The molecule has 3 nitrogen and oxygen atoms in total. The molecule has 0 aliphatic heterocycles. The van der Waals surface area contributed by atoms with E-state index in [-0.39, 0.29) is 0 Å². The summed E-state index contributed by atoms with van der Waals surface area (Å²) in [4.78, 5) is 0. The number of aliphatic hydroxyl groups excluding tert-OH is 1. The molecule has 1 atom stereocenters. The third-order valence-corrected chi connectivity index (χ3v) is 1.11. The highest BCUT2D eigenvalue weighted by Crippen LogP contribution is 1.96. The van der Waals surface area contributed by atoms with Crippen molar-refractivity contribution in [1.29, 1.82) is 0 Å². The van der Waals surface area contributed by atoms with E-state index in [1.165, 1.54) is 12.0 Å². The van der Waals surface area contributed by atoms with Crippen LogP contribution in [0.25, 0.3) is 0 Å². The van der Waals surface area contributed by atoms with Gasteiger partial charge in [0.05, 0.1) is 13.2 Å². The average molecular weight is 152 g/mol. The molecule has 56 valence electrons. The molecular weight excluding hydrogens is 140 g/mol. The number of ether oxygens (including phenoxy) is 1. The second kappa shape index (κ2) is 6.35. The maximum absolute atomic E-state index is 8.92. The first kappa shape index (κ1) is 9.23. The molecule has 0 aromatic carbocycles. The maximum atomic E-state index is 8.92. The van der Waals surface area contributed by atoms with Gasteiger partial charge in [-0.05, 0) is 12.0 Å². The summed E-state index contributed by atoms with van der Waals surface area (Å²) < 4.78 is 9.50. The number of aliphatic hydroxyl groups is 1. The number of methoxy groups -OCH3 is 1. The number of hydrogen-bond donors (Lipinski definition) is 1. The van der Waals surface area contributed by atoms with E-state index in [0.717, 1.165) is 0 Å². The molecule has 9 heavy (non-hydrogen) atoms. The van der Waals surface area contributed by atoms with Crippen LogP contribution in [0.15, 0.2) is 0 Å². The van der Waals surface area contributed by atoms with Gasteiger partial charge in [-0.25, -0.2) is 0 Å². The molecule has 0 saturated carbocycles. The van der Waals surface area contributed by atoms with Gasteiger partial charge >= 0.3 is 0 Å². The normalized spacial score (nSPS) is 13.7. The van der Waals surface area contributed by atoms with E-state index in [1.54, 1.807) is 13.4 Å². The van der Waals surface area contributed by atoms with Crippen molar-refractivity contribution in [2.75, 3.05) is 26.6 Å². The highest BCUT2D eigenvalue weighted by Gasteiger charge is 2.01. The van der Waals surface area contributed by atoms with Gasteiger partial charge in [-0.2, -0.15) is 0 Å². The second-order valence-corrected chi connectivity index (χ2v) is 2.13. The van der Waals surface area contributed by atoms with Gasteiger partial charge in [0, 0.05) is 13.4 Å². The van der Waals surface area contributed by atoms with Crippen LogP contribution in [0.2, 0.25) is 0 Å². The Hall–Kier alpha value is 0.230. The molecule has 1 unspecified atom stereocenters. The van der Waals surface area contributed by atoms with Crippen LogP contribution in [0.1, 0.15) is 0 Å². The Morgan fingerprint density at radius 2 is 2.22 bits per heavy atom.